The maximum absolute atomic E-state index is 11.2. The van der Waals surface area contributed by atoms with Crippen molar-refractivity contribution in [3.8, 4) is 5.75 Å². The molecule has 3 heteroatoms. The van der Waals surface area contributed by atoms with Gasteiger partial charge in [0.1, 0.15) is 5.75 Å². The zero-order chi connectivity index (χ0) is 13.7. The normalized spacial score (nSPS) is 12.5. The summed E-state index contributed by atoms with van der Waals surface area (Å²) in [6, 6.07) is 6.06. The summed E-state index contributed by atoms with van der Waals surface area (Å²) in [7, 11) is 1.66. The lowest BCUT2D eigenvalue weighted by Gasteiger charge is -2.21. The maximum Gasteiger partial charge on any atom is 0.218 e. The third-order valence-corrected chi connectivity index (χ3v) is 3.03. The van der Waals surface area contributed by atoms with Crippen molar-refractivity contribution in [3.05, 3.63) is 29.3 Å². The van der Waals surface area contributed by atoms with Gasteiger partial charge in [0.15, 0.2) is 0 Å². The van der Waals surface area contributed by atoms with E-state index in [1.54, 1.807) is 7.11 Å². The van der Waals surface area contributed by atoms with Crippen molar-refractivity contribution in [2.75, 3.05) is 7.11 Å². The van der Waals surface area contributed by atoms with E-state index in [0.717, 1.165) is 17.7 Å². The zero-order valence-electron chi connectivity index (χ0n) is 11.7. The number of amides is 1. The molecule has 0 aliphatic carbocycles. The van der Waals surface area contributed by atoms with Gasteiger partial charge in [0.05, 0.1) is 7.11 Å². The van der Waals surface area contributed by atoms with Crippen LogP contribution in [0.2, 0.25) is 0 Å². The quantitative estimate of drug-likeness (QED) is 0.842. The number of ether oxygens (including phenoxy) is 1. The Bertz CT molecular complexity index is 413. The first kappa shape index (κ1) is 14.6. The number of hydrogen-bond donors (Lipinski definition) is 1. The van der Waals surface area contributed by atoms with Crippen LogP contribution < -0.4 is 10.5 Å². The molecule has 1 amide bonds. The highest BCUT2D eigenvalue weighted by Gasteiger charge is 2.19. The van der Waals surface area contributed by atoms with E-state index in [-0.39, 0.29) is 11.8 Å². The average Bonchev–Trinajstić information content (AvgIpc) is 2.26. The number of carbonyl (C=O) groups is 1. The average molecular weight is 249 g/mol. The van der Waals surface area contributed by atoms with Gasteiger partial charge in [-0.3, -0.25) is 4.79 Å². The highest BCUT2D eigenvalue weighted by Crippen LogP contribution is 2.34. The largest absolute Gasteiger partial charge is 0.496 e. The smallest absolute Gasteiger partial charge is 0.218 e. The van der Waals surface area contributed by atoms with E-state index < -0.39 is 0 Å². The van der Waals surface area contributed by atoms with E-state index in [1.165, 1.54) is 5.56 Å². The lowest BCUT2D eigenvalue weighted by Crippen LogP contribution is -2.17. The molecule has 0 spiro atoms. The van der Waals surface area contributed by atoms with E-state index >= 15 is 0 Å². The van der Waals surface area contributed by atoms with E-state index in [1.807, 2.05) is 19.1 Å². The van der Waals surface area contributed by atoms with Crippen LogP contribution in [0.5, 0.6) is 5.75 Å². The molecule has 0 heterocycles. The number of nitrogens with two attached hydrogens (primary N) is 1. The van der Waals surface area contributed by atoms with Gasteiger partial charge in [0.2, 0.25) is 5.91 Å². The van der Waals surface area contributed by atoms with Crippen molar-refractivity contribution in [1.82, 2.24) is 0 Å². The summed E-state index contributed by atoms with van der Waals surface area (Å²) >= 11 is 0. The molecule has 2 N–H and O–H groups in total. The number of benzene rings is 1. The molecule has 0 radical (unpaired) electrons. The van der Waals surface area contributed by atoms with Gasteiger partial charge < -0.3 is 10.5 Å². The number of carbonyl (C=O) groups excluding carboxylic acids is 1. The van der Waals surface area contributed by atoms with Crippen molar-refractivity contribution >= 4 is 5.91 Å². The van der Waals surface area contributed by atoms with Gasteiger partial charge in [-0.2, -0.15) is 0 Å². The second-order valence-electron chi connectivity index (χ2n) is 5.24. The topological polar surface area (TPSA) is 52.3 Å². The lowest BCUT2D eigenvalue weighted by atomic mass is 9.86. The van der Waals surface area contributed by atoms with Gasteiger partial charge in [0, 0.05) is 6.42 Å². The summed E-state index contributed by atoms with van der Waals surface area (Å²) in [4.78, 5) is 11.2. The molecule has 0 aliphatic rings. The molecular formula is C15H23NO2. The zero-order valence-corrected chi connectivity index (χ0v) is 11.7. The van der Waals surface area contributed by atoms with Crippen LogP contribution in [0.4, 0.5) is 0 Å². The number of methoxy groups -OCH3 is 1. The fourth-order valence-corrected chi connectivity index (χ4v) is 2.30. The molecule has 0 fully saturated rings. The SMILES string of the molecule is COc1ccc(C)cc1C(CC(N)=O)CC(C)C. The molecular weight excluding hydrogens is 226 g/mol. The Hall–Kier alpha value is -1.51. The molecule has 1 unspecified atom stereocenters. The fraction of sp³-hybridized carbons (Fsp3) is 0.533. The first-order valence-corrected chi connectivity index (χ1v) is 6.36. The minimum absolute atomic E-state index is 0.136. The van der Waals surface area contributed by atoms with E-state index in [2.05, 4.69) is 19.9 Å². The van der Waals surface area contributed by atoms with Crippen LogP contribution in [-0.2, 0) is 4.79 Å². The number of aryl methyl sites for hydroxylation is 1. The van der Waals surface area contributed by atoms with Gasteiger partial charge in [0.25, 0.3) is 0 Å². The van der Waals surface area contributed by atoms with Crippen molar-refractivity contribution in [1.29, 1.82) is 0 Å². The van der Waals surface area contributed by atoms with Crippen molar-refractivity contribution in [2.24, 2.45) is 11.7 Å². The van der Waals surface area contributed by atoms with Gasteiger partial charge in [-0.15, -0.1) is 0 Å². The second-order valence-corrected chi connectivity index (χ2v) is 5.24. The van der Waals surface area contributed by atoms with Gasteiger partial charge in [-0.1, -0.05) is 31.5 Å². The van der Waals surface area contributed by atoms with Crippen molar-refractivity contribution < 1.29 is 9.53 Å². The standard InChI is InChI=1S/C15H23NO2/c1-10(2)7-12(9-15(16)17)13-8-11(3)5-6-14(13)18-4/h5-6,8,10,12H,7,9H2,1-4H3,(H2,16,17). The molecule has 0 saturated heterocycles. The predicted molar refractivity (Wildman–Crippen MR) is 73.7 cm³/mol. The molecule has 0 saturated carbocycles. The number of rotatable bonds is 6. The summed E-state index contributed by atoms with van der Waals surface area (Å²) in [6.45, 7) is 6.34. The summed E-state index contributed by atoms with van der Waals surface area (Å²) in [5.41, 5.74) is 7.61. The van der Waals surface area contributed by atoms with Crippen LogP contribution in [0, 0.1) is 12.8 Å². The Balaban J connectivity index is 3.09. The lowest BCUT2D eigenvalue weighted by molar-refractivity contribution is -0.118. The second kappa shape index (κ2) is 6.43. The van der Waals surface area contributed by atoms with Crippen molar-refractivity contribution in [2.45, 2.75) is 39.5 Å². The van der Waals surface area contributed by atoms with E-state index in [0.29, 0.717) is 12.3 Å². The molecule has 0 aliphatic heterocycles. The highest BCUT2D eigenvalue weighted by atomic mass is 16.5. The molecule has 0 aromatic heterocycles. The highest BCUT2D eigenvalue weighted by molar-refractivity contribution is 5.75. The molecule has 100 valence electrons. The fourth-order valence-electron chi connectivity index (χ4n) is 2.30. The summed E-state index contributed by atoms with van der Waals surface area (Å²) in [5, 5.41) is 0. The molecule has 0 bridgehead atoms. The number of primary amides is 1. The predicted octanol–water partition coefficient (Wildman–Crippen LogP) is 3.01. The summed E-state index contributed by atoms with van der Waals surface area (Å²) in [5.74, 6) is 1.23. The van der Waals surface area contributed by atoms with E-state index in [9.17, 15) is 4.79 Å². The first-order chi connectivity index (χ1) is 8.43. The van der Waals surface area contributed by atoms with E-state index in [4.69, 9.17) is 10.5 Å². The number of hydrogen-bond acceptors (Lipinski definition) is 2. The van der Waals surface area contributed by atoms with Gasteiger partial charge in [-0.05, 0) is 36.8 Å². The molecule has 1 aromatic rings. The van der Waals surface area contributed by atoms with Gasteiger partial charge in [-0.25, -0.2) is 0 Å². The molecule has 3 nitrogen and oxygen atoms in total. The van der Waals surface area contributed by atoms with Crippen LogP contribution in [0.3, 0.4) is 0 Å². The molecule has 1 rings (SSSR count). The maximum atomic E-state index is 11.2. The third kappa shape index (κ3) is 4.06. The van der Waals surface area contributed by atoms with Crippen LogP contribution in [0.15, 0.2) is 18.2 Å². The van der Waals surface area contributed by atoms with Crippen molar-refractivity contribution in [3.63, 3.8) is 0 Å². The van der Waals surface area contributed by atoms with Crippen LogP contribution in [-0.4, -0.2) is 13.0 Å². The van der Waals surface area contributed by atoms with Crippen LogP contribution in [0.25, 0.3) is 0 Å². The van der Waals surface area contributed by atoms with Gasteiger partial charge >= 0.3 is 0 Å². The Morgan fingerprint density at radius 3 is 2.56 bits per heavy atom. The Morgan fingerprint density at radius 1 is 1.39 bits per heavy atom. The summed E-state index contributed by atoms with van der Waals surface area (Å²) in [6.07, 6.45) is 1.31. The minimum atomic E-state index is -0.260. The molecule has 1 aromatic carbocycles. The monoisotopic (exact) mass is 249 g/mol. The molecule has 1 atom stereocenters. The molecule has 18 heavy (non-hydrogen) atoms. The summed E-state index contributed by atoms with van der Waals surface area (Å²) < 4.78 is 5.39. The Morgan fingerprint density at radius 2 is 2.06 bits per heavy atom. The Labute approximate surface area is 109 Å². The third-order valence-electron chi connectivity index (χ3n) is 3.03. The van der Waals surface area contributed by atoms with Crippen LogP contribution in [0.1, 0.15) is 43.7 Å². The Kier molecular flexibility index (Phi) is 5.20. The first-order valence-electron chi connectivity index (χ1n) is 6.36. The minimum Gasteiger partial charge on any atom is -0.496 e. The van der Waals surface area contributed by atoms with Crippen LogP contribution >= 0.6 is 0 Å².